The van der Waals surface area contributed by atoms with E-state index in [9.17, 15) is 4.79 Å². The second-order valence-electron chi connectivity index (χ2n) is 5.95. The van der Waals surface area contributed by atoms with Crippen molar-refractivity contribution in [1.29, 1.82) is 0 Å². The van der Waals surface area contributed by atoms with Gasteiger partial charge in [-0.25, -0.2) is 0 Å². The molecule has 28 heavy (non-hydrogen) atoms. The lowest BCUT2D eigenvalue weighted by Crippen LogP contribution is -2.34. The van der Waals surface area contributed by atoms with Crippen LogP contribution in [-0.2, 0) is 0 Å². The van der Waals surface area contributed by atoms with Gasteiger partial charge < -0.3 is 10.1 Å². The first-order valence-corrected chi connectivity index (χ1v) is 9.19. The van der Waals surface area contributed by atoms with E-state index < -0.39 is 0 Å². The highest BCUT2D eigenvalue weighted by molar-refractivity contribution is 7.80. The SMILES string of the molecule is C=CCOc1ccccc1NC(=S)NC(=O)c1ccc(-c2ccccc2)cc1. The summed E-state index contributed by atoms with van der Waals surface area (Å²) in [4.78, 5) is 12.5. The Morgan fingerprint density at radius 1 is 0.929 bits per heavy atom. The van der Waals surface area contributed by atoms with Gasteiger partial charge >= 0.3 is 0 Å². The van der Waals surface area contributed by atoms with Crippen LogP contribution >= 0.6 is 12.2 Å². The van der Waals surface area contributed by atoms with Gasteiger partial charge in [-0.05, 0) is 47.6 Å². The average molecular weight is 388 g/mol. The topological polar surface area (TPSA) is 50.4 Å². The third-order valence-corrected chi connectivity index (χ3v) is 4.18. The first-order valence-electron chi connectivity index (χ1n) is 8.78. The summed E-state index contributed by atoms with van der Waals surface area (Å²) in [5, 5.41) is 5.89. The van der Waals surface area contributed by atoms with Crippen molar-refractivity contribution in [3.63, 3.8) is 0 Å². The number of carbonyl (C=O) groups excluding carboxylic acids is 1. The number of para-hydroxylation sites is 2. The number of hydrogen-bond acceptors (Lipinski definition) is 3. The van der Waals surface area contributed by atoms with Crippen molar-refractivity contribution >= 4 is 28.9 Å². The molecule has 3 aromatic carbocycles. The molecule has 0 bridgehead atoms. The molecule has 4 nitrogen and oxygen atoms in total. The Labute approximate surface area is 169 Å². The molecule has 2 N–H and O–H groups in total. The summed E-state index contributed by atoms with van der Waals surface area (Å²) in [5.41, 5.74) is 3.35. The van der Waals surface area contributed by atoms with E-state index >= 15 is 0 Å². The number of rotatable bonds is 6. The predicted molar refractivity (Wildman–Crippen MR) is 118 cm³/mol. The van der Waals surface area contributed by atoms with E-state index in [0.29, 0.717) is 23.6 Å². The van der Waals surface area contributed by atoms with Crippen LogP contribution in [0.15, 0.2) is 91.5 Å². The van der Waals surface area contributed by atoms with E-state index in [1.165, 1.54) is 0 Å². The highest BCUT2D eigenvalue weighted by atomic mass is 32.1. The Bertz CT molecular complexity index is 969. The highest BCUT2D eigenvalue weighted by Crippen LogP contribution is 2.23. The quantitative estimate of drug-likeness (QED) is 0.459. The van der Waals surface area contributed by atoms with Crippen LogP contribution in [0.2, 0.25) is 0 Å². The molecule has 0 radical (unpaired) electrons. The van der Waals surface area contributed by atoms with Gasteiger partial charge in [0.25, 0.3) is 5.91 Å². The van der Waals surface area contributed by atoms with Crippen molar-refractivity contribution in [2.45, 2.75) is 0 Å². The summed E-state index contributed by atoms with van der Waals surface area (Å²) in [6, 6.07) is 24.7. The zero-order valence-electron chi connectivity index (χ0n) is 15.2. The summed E-state index contributed by atoms with van der Waals surface area (Å²) in [6.45, 7) is 4.02. The standard InChI is InChI=1S/C23H20N2O2S/c1-2-16-27-21-11-7-6-10-20(21)24-23(28)25-22(26)19-14-12-18(13-15-19)17-8-4-3-5-9-17/h2-15H,1,16H2,(H2,24,25,26,28). The maximum absolute atomic E-state index is 12.5. The van der Waals surface area contributed by atoms with Gasteiger partial charge in [0, 0.05) is 5.56 Å². The lowest BCUT2D eigenvalue weighted by atomic mass is 10.0. The molecule has 3 rings (SSSR count). The third-order valence-electron chi connectivity index (χ3n) is 3.97. The molecule has 140 valence electrons. The third kappa shape index (κ3) is 5.05. The van der Waals surface area contributed by atoms with Crippen LogP contribution in [-0.4, -0.2) is 17.6 Å². The maximum Gasteiger partial charge on any atom is 0.257 e. The minimum Gasteiger partial charge on any atom is -0.487 e. The van der Waals surface area contributed by atoms with Crippen molar-refractivity contribution in [2.24, 2.45) is 0 Å². The van der Waals surface area contributed by atoms with E-state index in [4.69, 9.17) is 17.0 Å². The summed E-state index contributed by atoms with van der Waals surface area (Å²) < 4.78 is 5.58. The normalized spacial score (nSPS) is 10.0. The fourth-order valence-corrected chi connectivity index (χ4v) is 2.82. The Morgan fingerprint density at radius 2 is 1.57 bits per heavy atom. The van der Waals surface area contributed by atoms with Gasteiger partial charge in [-0.3, -0.25) is 10.1 Å². The number of hydrogen-bond donors (Lipinski definition) is 2. The Morgan fingerprint density at radius 3 is 2.29 bits per heavy atom. The monoisotopic (exact) mass is 388 g/mol. The molecule has 3 aromatic rings. The second-order valence-corrected chi connectivity index (χ2v) is 6.36. The first-order chi connectivity index (χ1) is 13.7. The zero-order chi connectivity index (χ0) is 19.8. The largest absolute Gasteiger partial charge is 0.487 e. The zero-order valence-corrected chi connectivity index (χ0v) is 16.0. The maximum atomic E-state index is 12.5. The second kappa shape index (κ2) is 9.48. The molecule has 0 spiro atoms. The first kappa shape index (κ1) is 19.3. The highest BCUT2D eigenvalue weighted by Gasteiger charge is 2.10. The predicted octanol–water partition coefficient (Wildman–Crippen LogP) is 5.05. The summed E-state index contributed by atoms with van der Waals surface area (Å²) >= 11 is 5.27. The van der Waals surface area contributed by atoms with E-state index in [1.807, 2.05) is 66.7 Å². The van der Waals surface area contributed by atoms with Gasteiger partial charge in [-0.15, -0.1) is 0 Å². The molecule has 0 atom stereocenters. The smallest absolute Gasteiger partial charge is 0.257 e. The Kier molecular flexibility index (Phi) is 6.54. The van der Waals surface area contributed by atoms with E-state index in [0.717, 1.165) is 11.1 Å². The molecule has 0 aliphatic heterocycles. The lowest BCUT2D eigenvalue weighted by molar-refractivity contribution is 0.0977. The van der Waals surface area contributed by atoms with Crippen molar-refractivity contribution in [1.82, 2.24) is 5.32 Å². The molecule has 0 aliphatic rings. The molecule has 1 amide bonds. The number of benzene rings is 3. The molecule has 0 aliphatic carbocycles. The Balaban J connectivity index is 1.63. The van der Waals surface area contributed by atoms with E-state index in [-0.39, 0.29) is 11.0 Å². The van der Waals surface area contributed by atoms with E-state index in [2.05, 4.69) is 17.2 Å². The average Bonchev–Trinajstić information content (AvgIpc) is 2.74. The van der Waals surface area contributed by atoms with Crippen molar-refractivity contribution < 1.29 is 9.53 Å². The minimum absolute atomic E-state index is 0.201. The molecule has 0 saturated heterocycles. The van der Waals surface area contributed by atoms with Crippen LogP contribution in [0.3, 0.4) is 0 Å². The molecular weight excluding hydrogens is 368 g/mol. The lowest BCUT2D eigenvalue weighted by Gasteiger charge is -2.13. The molecule has 5 heteroatoms. The van der Waals surface area contributed by atoms with Gasteiger partial charge in [0.1, 0.15) is 12.4 Å². The molecule has 0 heterocycles. The minimum atomic E-state index is -0.276. The molecule has 0 saturated carbocycles. The summed E-state index contributed by atoms with van der Waals surface area (Å²) in [7, 11) is 0. The number of anilines is 1. The van der Waals surface area contributed by atoms with Crippen LogP contribution in [0, 0.1) is 0 Å². The van der Waals surface area contributed by atoms with Crippen LogP contribution in [0.1, 0.15) is 10.4 Å². The fraction of sp³-hybridized carbons (Fsp3) is 0.0435. The fourth-order valence-electron chi connectivity index (χ4n) is 2.62. The molecular formula is C23H20N2O2S. The molecule has 0 fully saturated rings. The van der Waals surface area contributed by atoms with Crippen LogP contribution < -0.4 is 15.4 Å². The van der Waals surface area contributed by atoms with Gasteiger partial charge in [0.2, 0.25) is 0 Å². The van der Waals surface area contributed by atoms with Crippen LogP contribution in [0.5, 0.6) is 5.75 Å². The van der Waals surface area contributed by atoms with Gasteiger partial charge in [0.05, 0.1) is 5.69 Å². The summed E-state index contributed by atoms with van der Waals surface area (Å²) in [5.74, 6) is 0.354. The van der Waals surface area contributed by atoms with Crippen molar-refractivity contribution in [3.05, 3.63) is 97.1 Å². The molecule has 0 unspecified atom stereocenters. The van der Waals surface area contributed by atoms with Crippen LogP contribution in [0.25, 0.3) is 11.1 Å². The Hall–Kier alpha value is -3.44. The van der Waals surface area contributed by atoms with Crippen LogP contribution in [0.4, 0.5) is 5.69 Å². The number of amides is 1. The van der Waals surface area contributed by atoms with Crippen molar-refractivity contribution in [2.75, 3.05) is 11.9 Å². The number of ether oxygens (including phenoxy) is 1. The molecule has 0 aromatic heterocycles. The van der Waals surface area contributed by atoms with Gasteiger partial charge in [-0.2, -0.15) is 0 Å². The van der Waals surface area contributed by atoms with Gasteiger partial charge in [0.15, 0.2) is 5.11 Å². The summed E-state index contributed by atoms with van der Waals surface area (Å²) in [6.07, 6.45) is 1.66. The van der Waals surface area contributed by atoms with E-state index in [1.54, 1.807) is 18.2 Å². The number of thiocarbonyl (C=S) groups is 1. The number of carbonyl (C=O) groups is 1. The van der Waals surface area contributed by atoms with Crippen molar-refractivity contribution in [3.8, 4) is 16.9 Å². The number of nitrogens with one attached hydrogen (secondary N) is 2. The van der Waals surface area contributed by atoms with Gasteiger partial charge in [-0.1, -0.05) is 67.3 Å².